The first-order valence-corrected chi connectivity index (χ1v) is 14.7. The van der Waals surface area contributed by atoms with Crippen LogP contribution in [0.3, 0.4) is 0 Å². The van der Waals surface area contributed by atoms with Gasteiger partial charge in [-0.25, -0.2) is 8.42 Å². The molecule has 0 aliphatic carbocycles. The summed E-state index contributed by atoms with van der Waals surface area (Å²) in [4.78, 5) is 27.5. The quantitative estimate of drug-likeness (QED) is 0.318. The highest BCUT2D eigenvalue weighted by Gasteiger charge is 2.27. The summed E-state index contributed by atoms with van der Waals surface area (Å²) in [5, 5.41) is 4.22. The number of benzene rings is 2. The minimum Gasteiger partial charge on any atom is -0.354 e. The lowest BCUT2D eigenvalue weighted by Gasteiger charge is -2.30. The van der Waals surface area contributed by atoms with E-state index >= 15 is 0 Å². The Balaban J connectivity index is 2.17. The predicted octanol–water partition coefficient (Wildman–Crippen LogP) is 5.53. The largest absolute Gasteiger partial charge is 0.354 e. The molecule has 36 heavy (non-hydrogen) atoms. The smallest absolute Gasteiger partial charge is 0.242 e. The number of hydrogen-bond acceptors (Lipinski definition) is 4. The van der Waals surface area contributed by atoms with E-state index < -0.39 is 16.1 Å². The Bertz CT molecular complexity index is 1140. The molecule has 11 heteroatoms. The standard InChI is InChI=1S/C25H32Cl3N3O4S/c1-4-5-14-29-25(33)18(2)30(17-19-8-9-21(27)16-23(19)28)24(32)7-6-15-31(36(3,34)35)22-12-10-20(26)11-13-22/h8-13,16,18H,4-7,14-15,17H2,1-3H3,(H,29,33)/t18-/m1/s1. The van der Waals surface area contributed by atoms with E-state index in [9.17, 15) is 18.0 Å². The van der Waals surface area contributed by atoms with Gasteiger partial charge in [-0.2, -0.15) is 0 Å². The number of rotatable bonds is 13. The van der Waals surface area contributed by atoms with Crippen molar-refractivity contribution >= 4 is 62.3 Å². The van der Waals surface area contributed by atoms with Crippen LogP contribution < -0.4 is 9.62 Å². The van der Waals surface area contributed by atoms with Crippen LogP contribution in [0.4, 0.5) is 5.69 Å². The molecule has 2 aromatic rings. The lowest BCUT2D eigenvalue weighted by molar-refractivity contribution is -0.140. The fourth-order valence-electron chi connectivity index (χ4n) is 3.56. The van der Waals surface area contributed by atoms with Gasteiger partial charge in [0.1, 0.15) is 6.04 Å². The second-order valence-corrected chi connectivity index (χ2v) is 11.7. The van der Waals surface area contributed by atoms with E-state index in [0.717, 1.165) is 19.1 Å². The maximum absolute atomic E-state index is 13.3. The molecule has 0 saturated carbocycles. The second-order valence-electron chi connectivity index (χ2n) is 8.49. The number of anilines is 1. The van der Waals surface area contributed by atoms with Crippen molar-refractivity contribution in [2.24, 2.45) is 0 Å². The average Bonchev–Trinajstić information content (AvgIpc) is 2.81. The first-order valence-electron chi connectivity index (χ1n) is 11.7. The van der Waals surface area contributed by atoms with Crippen molar-refractivity contribution in [1.29, 1.82) is 0 Å². The van der Waals surface area contributed by atoms with E-state index in [2.05, 4.69) is 5.32 Å². The van der Waals surface area contributed by atoms with Crippen LogP contribution in [0.25, 0.3) is 0 Å². The van der Waals surface area contributed by atoms with E-state index in [1.807, 2.05) is 6.92 Å². The number of carbonyl (C=O) groups excluding carboxylic acids is 2. The van der Waals surface area contributed by atoms with Crippen LogP contribution in [-0.2, 0) is 26.2 Å². The number of nitrogens with zero attached hydrogens (tertiary/aromatic N) is 2. The highest BCUT2D eigenvalue weighted by molar-refractivity contribution is 7.92. The molecule has 0 aliphatic rings. The van der Waals surface area contributed by atoms with Gasteiger partial charge in [0.25, 0.3) is 0 Å². The molecule has 0 saturated heterocycles. The third-order valence-corrected chi connectivity index (χ3v) is 7.65. The first-order chi connectivity index (χ1) is 16.9. The Labute approximate surface area is 228 Å². The van der Waals surface area contributed by atoms with Crippen molar-refractivity contribution in [2.45, 2.75) is 52.1 Å². The molecule has 1 atom stereocenters. The van der Waals surface area contributed by atoms with Crippen LogP contribution in [0.1, 0.15) is 45.1 Å². The predicted molar refractivity (Wildman–Crippen MR) is 147 cm³/mol. The SMILES string of the molecule is CCCCNC(=O)[C@@H](C)N(Cc1ccc(Cl)cc1Cl)C(=O)CCCN(c1ccc(Cl)cc1)S(C)(=O)=O. The molecule has 2 amide bonds. The molecule has 1 N–H and O–H groups in total. The van der Waals surface area contributed by atoms with Crippen LogP contribution >= 0.6 is 34.8 Å². The summed E-state index contributed by atoms with van der Waals surface area (Å²) < 4.78 is 26.0. The second kappa shape index (κ2) is 14.1. The average molecular weight is 577 g/mol. The molecular weight excluding hydrogens is 545 g/mol. The lowest BCUT2D eigenvalue weighted by Crippen LogP contribution is -2.48. The Kier molecular flexibility index (Phi) is 11.8. The van der Waals surface area contributed by atoms with Crippen molar-refractivity contribution in [3.8, 4) is 0 Å². The molecule has 7 nitrogen and oxygen atoms in total. The Morgan fingerprint density at radius 2 is 1.64 bits per heavy atom. The topological polar surface area (TPSA) is 86.8 Å². The van der Waals surface area contributed by atoms with Gasteiger partial charge in [0.05, 0.1) is 11.9 Å². The molecule has 0 fully saturated rings. The maximum Gasteiger partial charge on any atom is 0.242 e. The molecular formula is C25H32Cl3N3O4S. The molecule has 0 bridgehead atoms. The zero-order valence-corrected chi connectivity index (χ0v) is 23.7. The van der Waals surface area contributed by atoms with Gasteiger partial charge in [0.2, 0.25) is 21.8 Å². The fourth-order valence-corrected chi connectivity index (χ4v) is 5.12. The zero-order chi connectivity index (χ0) is 26.9. The van der Waals surface area contributed by atoms with Gasteiger partial charge in [-0.05, 0) is 61.7 Å². The van der Waals surface area contributed by atoms with Crippen LogP contribution in [0.2, 0.25) is 15.1 Å². The van der Waals surface area contributed by atoms with Crippen molar-refractivity contribution in [2.75, 3.05) is 23.7 Å². The summed E-state index contributed by atoms with van der Waals surface area (Å²) in [6.45, 7) is 4.42. The zero-order valence-electron chi connectivity index (χ0n) is 20.6. The molecule has 2 rings (SSSR count). The number of hydrogen-bond donors (Lipinski definition) is 1. The van der Waals surface area contributed by atoms with Gasteiger partial charge in [-0.15, -0.1) is 0 Å². The van der Waals surface area contributed by atoms with Crippen molar-refractivity contribution < 1.29 is 18.0 Å². The summed E-state index contributed by atoms with van der Waals surface area (Å²) in [5.41, 5.74) is 1.12. The monoisotopic (exact) mass is 575 g/mol. The molecule has 0 spiro atoms. The number of nitrogens with one attached hydrogen (secondary N) is 1. The third-order valence-electron chi connectivity index (χ3n) is 5.62. The molecule has 0 unspecified atom stereocenters. The van der Waals surface area contributed by atoms with Crippen LogP contribution in [0, 0.1) is 0 Å². The molecule has 0 heterocycles. The van der Waals surface area contributed by atoms with E-state index in [0.29, 0.717) is 32.9 Å². The van der Waals surface area contributed by atoms with Crippen molar-refractivity contribution in [1.82, 2.24) is 10.2 Å². The van der Waals surface area contributed by atoms with Crippen molar-refractivity contribution in [3.05, 3.63) is 63.1 Å². The van der Waals surface area contributed by atoms with Gasteiger partial charge in [0.15, 0.2) is 0 Å². The minimum atomic E-state index is -3.58. The normalized spacial score (nSPS) is 12.2. The molecule has 2 aromatic carbocycles. The van der Waals surface area contributed by atoms with Gasteiger partial charge in [0, 0.05) is 41.1 Å². The van der Waals surface area contributed by atoms with E-state index in [1.54, 1.807) is 49.4 Å². The molecule has 0 radical (unpaired) electrons. The van der Waals surface area contributed by atoms with E-state index in [4.69, 9.17) is 34.8 Å². The summed E-state index contributed by atoms with van der Waals surface area (Å²) in [5.74, 6) is -0.551. The third kappa shape index (κ3) is 9.14. The number of halogens is 3. The van der Waals surface area contributed by atoms with Crippen LogP contribution in [0.15, 0.2) is 42.5 Å². The molecule has 0 aliphatic heterocycles. The Hall–Kier alpha value is -2.00. The number of amides is 2. The van der Waals surface area contributed by atoms with Gasteiger partial charge >= 0.3 is 0 Å². The van der Waals surface area contributed by atoms with Gasteiger partial charge in [-0.1, -0.05) is 54.2 Å². The number of unbranched alkanes of at least 4 members (excludes halogenated alkanes) is 1. The summed E-state index contributed by atoms with van der Waals surface area (Å²) >= 11 is 18.3. The summed E-state index contributed by atoms with van der Waals surface area (Å²) in [7, 11) is -3.58. The highest BCUT2D eigenvalue weighted by Crippen LogP contribution is 2.24. The summed E-state index contributed by atoms with van der Waals surface area (Å²) in [6, 6.07) is 10.7. The fraction of sp³-hybridized carbons (Fsp3) is 0.440. The van der Waals surface area contributed by atoms with Gasteiger partial charge < -0.3 is 10.2 Å². The Morgan fingerprint density at radius 3 is 2.22 bits per heavy atom. The molecule has 0 aromatic heterocycles. The highest BCUT2D eigenvalue weighted by atomic mass is 35.5. The van der Waals surface area contributed by atoms with Crippen molar-refractivity contribution in [3.63, 3.8) is 0 Å². The molecule has 198 valence electrons. The summed E-state index contributed by atoms with van der Waals surface area (Å²) in [6.07, 6.45) is 3.17. The van der Waals surface area contributed by atoms with E-state index in [1.165, 1.54) is 9.21 Å². The van der Waals surface area contributed by atoms with Crippen LogP contribution in [0.5, 0.6) is 0 Å². The Morgan fingerprint density at radius 1 is 1.00 bits per heavy atom. The maximum atomic E-state index is 13.3. The number of carbonyl (C=O) groups is 2. The first kappa shape index (κ1) is 30.2. The number of sulfonamides is 1. The van der Waals surface area contributed by atoms with Gasteiger partial charge in [-0.3, -0.25) is 13.9 Å². The van der Waals surface area contributed by atoms with E-state index in [-0.39, 0.29) is 37.7 Å². The lowest BCUT2D eigenvalue weighted by atomic mass is 10.1. The minimum absolute atomic E-state index is 0.0391. The van der Waals surface area contributed by atoms with Crippen LogP contribution in [-0.4, -0.2) is 50.5 Å².